The predicted octanol–water partition coefficient (Wildman–Crippen LogP) is 5.90. The molecule has 4 aromatic rings. The van der Waals surface area contributed by atoms with E-state index in [0.29, 0.717) is 22.9 Å². The van der Waals surface area contributed by atoms with Crippen molar-refractivity contribution in [2.24, 2.45) is 29.6 Å². The number of hydrogen-bond donors (Lipinski definition) is 2. The number of fused-ring (bicyclic) bond motifs is 9. The number of para-hydroxylation sites is 1. The number of carbonyl (C=O) groups excluding carboxylic acids is 3. The fraction of sp³-hybridized carbons (Fsp3) is 0.294. The molecule has 7 atom stereocenters. The summed E-state index contributed by atoms with van der Waals surface area (Å²) in [5.74, 6) is -0.523. The summed E-state index contributed by atoms with van der Waals surface area (Å²) in [5.41, 5.74) is 2.22. The van der Waals surface area contributed by atoms with Crippen LogP contribution >= 0.6 is 39.0 Å². The molecule has 3 fully saturated rings. The second-order valence-electron chi connectivity index (χ2n) is 12.1. The third-order valence-corrected chi connectivity index (χ3v) is 12.9. The Bertz CT molecular complexity index is 1930. The normalized spacial score (nSPS) is 27.3. The third kappa shape index (κ3) is 4.72. The molecule has 2 aliphatic carbocycles. The van der Waals surface area contributed by atoms with Crippen LogP contribution in [0.4, 0.5) is 11.4 Å². The highest BCUT2D eigenvalue weighted by molar-refractivity contribution is 9.10. The van der Waals surface area contributed by atoms with E-state index in [1.807, 2.05) is 42.5 Å². The van der Waals surface area contributed by atoms with E-state index < -0.39 is 5.92 Å². The molecule has 1 saturated heterocycles. The monoisotopic (exact) mass is 717 g/mol. The Kier molecular flexibility index (Phi) is 7.34. The SMILES string of the molecule is COc1cc([C@H]2c3sc(=O)[nH]c3SC3C2[C@H]2C[C@@H]3C3C(=O)N(c4ccc(Br)cc4)C(=O)C32)ccc1OCC(=O)Nc1ccccc1. The first-order chi connectivity index (χ1) is 22.3. The molecule has 0 radical (unpaired) electrons. The molecule has 0 spiro atoms. The molecule has 234 valence electrons. The minimum atomic E-state index is -0.393. The number of benzene rings is 3. The number of amides is 3. The van der Waals surface area contributed by atoms with Crippen LogP contribution in [0, 0.1) is 29.6 Å². The number of thioether (sulfide) groups is 1. The summed E-state index contributed by atoms with van der Waals surface area (Å²) in [6, 6.07) is 22.1. The minimum Gasteiger partial charge on any atom is -0.493 e. The molecular weight excluding hydrogens is 690 g/mol. The van der Waals surface area contributed by atoms with E-state index in [0.717, 1.165) is 26.4 Å². The largest absolute Gasteiger partial charge is 0.493 e. The molecule has 4 aliphatic rings. The number of imide groups is 1. The molecule has 2 bridgehead atoms. The summed E-state index contributed by atoms with van der Waals surface area (Å²) in [4.78, 5) is 58.3. The lowest BCUT2D eigenvalue weighted by molar-refractivity contribution is -0.123. The second-order valence-corrected chi connectivity index (χ2v) is 15.2. The van der Waals surface area contributed by atoms with Gasteiger partial charge in [-0.25, -0.2) is 0 Å². The van der Waals surface area contributed by atoms with Gasteiger partial charge in [0, 0.05) is 26.2 Å². The number of ether oxygens (including phenoxy) is 2. The maximum absolute atomic E-state index is 14.0. The standard InChI is InChI=1S/C34H28BrN3O6S2/c1-43-23-13-16(7-12-22(23)44-15-24(39)36-18-5-3-2-4-6-18)25-26-20-14-21(29(26)45-31-30(25)46-34(42)37-31)28-27(20)32(40)38(33(28)41)19-10-8-17(35)9-11-19/h2-13,20-21,25-29H,14-15H2,1H3,(H,36,39)(H,37,42)/t20-,21-,25-,26?,27?,28?,29?/m1/s1. The van der Waals surface area contributed by atoms with E-state index in [9.17, 15) is 19.2 Å². The zero-order valence-corrected chi connectivity index (χ0v) is 27.7. The number of methoxy groups -OCH3 is 1. The van der Waals surface area contributed by atoms with E-state index in [4.69, 9.17) is 9.47 Å². The zero-order valence-electron chi connectivity index (χ0n) is 24.5. The van der Waals surface area contributed by atoms with Gasteiger partial charge in [-0.05, 0) is 78.3 Å². The van der Waals surface area contributed by atoms with Gasteiger partial charge >= 0.3 is 4.87 Å². The summed E-state index contributed by atoms with van der Waals surface area (Å²) < 4.78 is 12.5. The summed E-state index contributed by atoms with van der Waals surface area (Å²) in [7, 11) is 1.55. The van der Waals surface area contributed by atoms with Crippen molar-refractivity contribution in [2.75, 3.05) is 23.9 Å². The molecule has 2 N–H and O–H groups in total. The Morgan fingerprint density at radius 2 is 1.72 bits per heavy atom. The molecule has 9 nitrogen and oxygen atoms in total. The number of anilines is 2. The van der Waals surface area contributed by atoms with Crippen LogP contribution in [0.2, 0.25) is 0 Å². The fourth-order valence-corrected chi connectivity index (χ4v) is 11.2. The molecule has 4 unspecified atom stereocenters. The average Bonchev–Trinajstić information content (AvgIpc) is 3.80. The Balaban J connectivity index is 1.10. The van der Waals surface area contributed by atoms with Gasteiger partial charge in [-0.1, -0.05) is 51.5 Å². The van der Waals surface area contributed by atoms with Gasteiger partial charge in [-0.15, -0.1) is 11.8 Å². The lowest BCUT2D eigenvalue weighted by Gasteiger charge is -2.43. The lowest BCUT2D eigenvalue weighted by atomic mass is 9.68. The minimum absolute atomic E-state index is 0.0108. The average molecular weight is 719 g/mol. The van der Waals surface area contributed by atoms with Crippen LogP contribution in [0.15, 0.2) is 87.1 Å². The number of nitrogens with zero attached hydrogens (tertiary/aromatic N) is 1. The fourth-order valence-electron chi connectivity index (χ4n) is 8.09. The van der Waals surface area contributed by atoms with Crippen molar-refractivity contribution < 1.29 is 23.9 Å². The van der Waals surface area contributed by atoms with Crippen molar-refractivity contribution in [3.8, 4) is 11.5 Å². The highest BCUT2D eigenvalue weighted by Crippen LogP contribution is 2.68. The number of aromatic amines is 1. The van der Waals surface area contributed by atoms with Crippen molar-refractivity contribution in [1.82, 2.24) is 4.98 Å². The Morgan fingerprint density at radius 1 is 0.978 bits per heavy atom. The summed E-state index contributed by atoms with van der Waals surface area (Å²) in [6.07, 6.45) is 0.799. The van der Waals surface area contributed by atoms with Crippen LogP contribution < -0.4 is 24.6 Å². The first-order valence-corrected chi connectivity index (χ1v) is 17.5. The van der Waals surface area contributed by atoms with Gasteiger partial charge in [-0.3, -0.25) is 24.1 Å². The van der Waals surface area contributed by atoms with Gasteiger partial charge in [0.25, 0.3) is 5.91 Å². The number of H-pyrrole nitrogens is 1. The zero-order chi connectivity index (χ0) is 31.7. The maximum atomic E-state index is 14.0. The number of carbonyl (C=O) groups is 3. The van der Waals surface area contributed by atoms with Crippen molar-refractivity contribution in [3.05, 3.63) is 97.4 Å². The van der Waals surface area contributed by atoms with E-state index in [-0.39, 0.29) is 64.0 Å². The molecule has 3 aromatic carbocycles. The van der Waals surface area contributed by atoms with Crippen LogP contribution in [0.1, 0.15) is 22.8 Å². The summed E-state index contributed by atoms with van der Waals surface area (Å²) in [5, 5.41) is 3.72. The number of rotatable bonds is 7. The highest BCUT2D eigenvalue weighted by atomic mass is 79.9. The molecule has 3 heterocycles. The van der Waals surface area contributed by atoms with Crippen LogP contribution in [-0.2, 0) is 14.4 Å². The smallest absolute Gasteiger partial charge is 0.305 e. The third-order valence-electron chi connectivity index (χ3n) is 9.77. The van der Waals surface area contributed by atoms with E-state index in [2.05, 4.69) is 26.2 Å². The van der Waals surface area contributed by atoms with Crippen molar-refractivity contribution in [2.45, 2.75) is 22.6 Å². The first-order valence-electron chi connectivity index (χ1n) is 15.0. The summed E-state index contributed by atoms with van der Waals surface area (Å²) in [6.45, 7) is -0.198. The van der Waals surface area contributed by atoms with Gasteiger partial charge in [0.1, 0.15) is 0 Å². The number of halogens is 1. The first kappa shape index (κ1) is 29.5. The van der Waals surface area contributed by atoms with Gasteiger partial charge in [-0.2, -0.15) is 0 Å². The van der Waals surface area contributed by atoms with Gasteiger partial charge in [0.2, 0.25) is 11.8 Å². The topological polar surface area (TPSA) is 118 Å². The highest BCUT2D eigenvalue weighted by Gasteiger charge is 2.69. The summed E-state index contributed by atoms with van der Waals surface area (Å²) >= 11 is 6.30. The van der Waals surface area contributed by atoms with Crippen molar-refractivity contribution in [1.29, 1.82) is 0 Å². The molecule has 46 heavy (non-hydrogen) atoms. The van der Waals surface area contributed by atoms with E-state index >= 15 is 0 Å². The lowest BCUT2D eigenvalue weighted by Crippen LogP contribution is -2.42. The molecule has 3 amide bonds. The van der Waals surface area contributed by atoms with Crippen molar-refractivity contribution >= 4 is 68.1 Å². The van der Waals surface area contributed by atoms with Crippen LogP contribution in [0.25, 0.3) is 0 Å². The molecule has 8 rings (SSSR count). The van der Waals surface area contributed by atoms with Crippen LogP contribution in [0.3, 0.4) is 0 Å². The Labute approximate surface area is 280 Å². The predicted molar refractivity (Wildman–Crippen MR) is 179 cm³/mol. The second kappa shape index (κ2) is 11.4. The van der Waals surface area contributed by atoms with E-state index in [1.165, 1.54) is 16.2 Å². The number of hydrogen-bond acceptors (Lipinski definition) is 8. The maximum Gasteiger partial charge on any atom is 0.305 e. The Morgan fingerprint density at radius 3 is 2.46 bits per heavy atom. The number of thiazole rings is 1. The Hall–Kier alpha value is -3.87. The van der Waals surface area contributed by atoms with Crippen LogP contribution in [0.5, 0.6) is 11.5 Å². The number of nitrogens with one attached hydrogen (secondary N) is 2. The van der Waals surface area contributed by atoms with Gasteiger partial charge < -0.3 is 19.8 Å². The van der Waals surface area contributed by atoms with Gasteiger partial charge in [0.15, 0.2) is 18.1 Å². The number of aromatic nitrogens is 1. The molecule has 2 aliphatic heterocycles. The van der Waals surface area contributed by atoms with Crippen molar-refractivity contribution in [3.63, 3.8) is 0 Å². The van der Waals surface area contributed by atoms with Gasteiger partial charge in [0.05, 0.1) is 29.7 Å². The van der Waals surface area contributed by atoms with E-state index in [1.54, 1.807) is 49.2 Å². The molecule has 2 saturated carbocycles. The molecule has 1 aromatic heterocycles. The quantitative estimate of drug-likeness (QED) is 0.229. The molecular formula is C34H28BrN3O6S2. The van der Waals surface area contributed by atoms with Crippen LogP contribution in [-0.4, -0.2) is 41.7 Å². The molecule has 12 heteroatoms.